The summed E-state index contributed by atoms with van der Waals surface area (Å²) in [4.78, 5) is 14.6. The van der Waals surface area contributed by atoms with Crippen molar-refractivity contribution >= 4 is 15.9 Å². The molecule has 1 aliphatic heterocycles. The second-order valence-electron chi connectivity index (χ2n) is 5.99. The van der Waals surface area contributed by atoms with E-state index in [0.717, 1.165) is 17.1 Å². The Morgan fingerprint density at radius 1 is 1.26 bits per heavy atom. The van der Waals surface area contributed by atoms with Gasteiger partial charge in [0.2, 0.25) is 10.0 Å². The summed E-state index contributed by atoms with van der Waals surface area (Å²) in [6.45, 7) is 2.98. The van der Waals surface area contributed by atoms with E-state index in [-0.39, 0.29) is 16.9 Å². The van der Waals surface area contributed by atoms with Crippen LogP contribution in [0.25, 0.3) is 0 Å². The molecule has 2 rings (SSSR count). The summed E-state index contributed by atoms with van der Waals surface area (Å²) in [6, 6.07) is 4.86. The Bertz CT molecular complexity index is 677. The highest BCUT2D eigenvalue weighted by molar-refractivity contribution is 7.89. The van der Waals surface area contributed by atoms with Gasteiger partial charge >= 0.3 is 0 Å². The number of ether oxygens (including phenoxy) is 1. The van der Waals surface area contributed by atoms with Crippen molar-refractivity contribution in [3.63, 3.8) is 0 Å². The van der Waals surface area contributed by atoms with Gasteiger partial charge < -0.3 is 9.64 Å². The van der Waals surface area contributed by atoms with Gasteiger partial charge in [-0.15, -0.1) is 0 Å². The van der Waals surface area contributed by atoms with Crippen molar-refractivity contribution in [3.8, 4) is 0 Å². The fourth-order valence-electron chi connectivity index (χ4n) is 2.68. The van der Waals surface area contributed by atoms with Gasteiger partial charge in [-0.05, 0) is 37.5 Å². The van der Waals surface area contributed by atoms with E-state index < -0.39 is 10.0 Å². The first-order chi connectivity index (χ1) is 10.8. The van der Waals surface area contributed by atoms with Crippen LogP contribution >= 0.6 is 0 Å². The van der Waals surface area contributed by atoms with Crippen LogP contribution in [0.3, 0.4) is 0 Å². The monoisotopic (exact) mass is 340 g/mol. The summed E-state index contributed by atoms with van der Waals surface area (Å²) < 4.78 is 31.2. The number of rotatable bonds is 4. The van der Waals surface area contributed by atoms with Crippen LogP contribution in [0.1, 0.15) is 28.8 Å². The maximum Gasteiger partial charge on any atom is 0.253 e. The van der Waals surface area contributed by atoms with Crippen molar-refractivity contribution in [2.75, 3.05) is 34.3 Å². The third-order valence-corrected chi connectivity index (χ3v) is 6.21. The first-order valence-corrected chi connectivity index (χ1v) is 9.06. The van der Waals surface area contributed by atoms with Crippen molar-refractivity contribution in [2.45, 2.75) is 30.8 Å². The Hall–Kier alpha value is -1.44. The molecule has 0 atom stereocenters. The molecule has 0 aliphatic carbocycles. The van der Waals surface area contributed by atoms with E-state index in [9.17, 15) is 13.2 Å². The topological polar surface area (TPSA) is 66.9 Å². The average molecular weight is 340 g/mol. The van der Waals surface area contributed by atoms with E-state index in [1.165, 1.54) is 20.2 Å². The first-order valence-electron chi connectivity index (χ1n) is 7.62. The maximum absolute atomic E-state index is 12.6. The van der Waals surface area contributed by atoms with Gasteiger partial charge in [0.25, 0.3) is 5.91 Å². The number of hydrogen-bond acceptors (Lipinski definition) is 4. The number of likely N-dealkylation sites (tertiary alicyclic amines) is 1. The van der Waals surface area contributed by atoms with Crippen molar-refractivity contribution in [1.82, 2.24) is 9.21 Å². The molecule has 23 heavy (non-hydrogen) atoms. The number of amides is 1. The van der Waals surface area contributed by atoms with Crippen LogP contribution < -0.4 is 0 Å². The Balaban J connectivity index is 2.26. The zero-order valence-electron chi connectivity index (χ0n) is 14.1. The molecule has 1 saturated heterocycles. The lowest BCUT2D eigenvalue weighted by Crippen LogP contribution is -2.40. The minimum absolute atomic E-state index is 0.130. The lowest BCUT2D eigenvalue weighted by atomic mass is 10.1. The molecule has 0 spiro atoms. The molecule has 0 radical (unpaired) electrons. The van der Waals surface area contributed by atoms with Crippen molar-refractivity contribution in [1.29, 1.82) is 0 Å². The fraction of sp³-hybridized carbons (Fsp3) is 0.562. The molecule has 0 saturated carbocycles. The molecule has 1 aromatic carbocycles. The fourth-order valence-corrected chi connectivity index (χ4v) is 3.83. The number of methoxy groups -OCH3 is 1. The molecule has 1 amide bonds. The molecule has 7 heteroatoms. The minimum Gasteiger partial charge on any atom is -0.381 e. The van der Waals surface area contributed by atoms with Crippen LogP contribution in [0.4, 0.5) is 0 Å². The smallest absolute Gasteiger partial charge is 0.253 e. The number of hydrogen-bond donors (Lipinski definition) is 0. The van der Waals surface area contributed by atoms with E-state index in [0.29, 0.717) is 24.2 Å². The van der Waals surface area contributed by atoms with Crippen molar-refractivity contribution in [3.05, 3.63) is 29.3 Å². The normalized spacial score (nSPS) is 16.8. The Morgan fingerprint density at radius 2 is 1.87 bits per heavy atom. The largest absolute Gasteiger partial charge is 0.381 e. The minimum atomic E-state index is -3.56. The van der Waals surface area contributed by atoms with E-state index in [4.69, 9.17) is 4.74 Å². The summed E-state index contributed by atoms with van der Waals surface area (Å²) in [7, 11) is 1.09. The van der Waals surface area contributed by atoms with Gasteiger partial charge in [0, 0.05) is 39.9 Å². The third-order valence-electron chi connectivity index (χ3n) is 4.26. The lowest BCUT2D eigenvalue weighted by molar-refractivity contribution is 0.0350. The standard InChI is InChI=1S/C16H24N2O4S/c1-12-5-6-13(11-15(12)23(20,21)17(2)3)16(19)18-9-7-14(22-4)8-10-18/h5-6,11,14H,7-10H2,1-4H3. The zero-order valence-corrected chi connectivity index (χ0v) is 14.9. The summed E-state index contributed by atoms with van der Waals surface area (Å²) in [5.41, 5.74) is 1.04. The molecule has 128 valence electrons. The molecular formula is C16H24N2O4S. The molecule has 0 unspecified atom stereocenters. The summed E-state index contributed by atoms with van der Waals surface area (Å²) in [5, 5.41) is 0. The lowest BCUT2D eigenvalue weighted by Gasteiger charge is -2.31. The Kier molecular flexibility index (Phi) is 5.44. The highest BCUT2D eigenvalue weighted by Gasteiger charge is 2.26. The SMILES string of the molecule is COC1CCN(C(=O)c2ccc(C)c(S(=O)(=O)N(C)C)c2)CC1. The van der Waals surface area contributed by atoms with Gasteiger partial charge in [-0.1, -0.05) is 6.07 Å². The predicted molar refractivity (Wildman–Crippen MR) is 88.0 cm³/mol. The van der Waals surface area contributed by atoms with Crippen LogP contribution in [-0.4, -0.2) is 63.9 Å². The molecular weight excluding hydrogens is 316 g/mol. The molecule has 0 bridgehead atoms. The van der Waals surface area contributed by atoms with Crippen LogP contribution in [0.5, 0.6) is 0 Å². The first kappa shape index (κ1) is 17.9. The van der Waals surface area contributed by atoms with Gasteiger partial charge in [-0.25, -0.2) is 12.7 Å². The molecule has 1 heterocycles. The highest BCUT2D eigenvalue weighted by Crippen LogP contribution is 2.22. The van der Waals surface area contributed by atoms with Crippen LogP contribution in [0.15, 0.2) is 23.1 Å². The number of sulfonamides is 1. The van der Waals surface area contributed by atoms with E-state index in [2.05, 4.69) is 0 Å². The molecule has 1 aliphatic rings. The second-order valence-corrected chi connectivity index (χ2v) is 8.12. The average Bonchev–Trinajstić information content (AvgIpc) is 2.54. The number of nitrogens with zero attached hydrogens (tertiary/aromatic N) is 2. The van der Waals surface area contributed by atoms with E-state index in [1.807, 2.05) is 0 Å². The predicted octanol–water partition coefficient (Wildman–Crippen LogP) is 1.50. The Labute approximate surface area is 138 Å². The molecule has 0 aromatic heterocycles. The van der Waals surface area contributed by atoms with Gasteiger partial charge in [0.1, 0.15) is 0 Å². The summed E-state index contributed by atoms with van der Waals surface area (Å²) >= 11 is 0. The molecule has 1 aromatic rings. The van der Waals surface area contributed by atoms with E-state index >= 15 is 0 Å². The highest BCUT2D eigenvalue weighted by atomic mass is 32.2. The van der Waals surface area contributed by atoms with Crippen molar-refractivity contribution in [2.24, 2.45) is 0 Å². The number of carbonyl (C=O) groups excluding carboxylic acids is 1. The number of aryl methyl sites for hydroxylation is 1. The van der Waals surface area contributed by atoms with Gasteiger partial charge in [-0.2, -0.15) is 0 Å². The molecule has 1 fully saturated rings. The van der Waals surface area contributed by atoms with Crippen LogP contribution in [0.2, 0.25) is 0 Å². The summed E-state index contributed by atoms with van der Waals surface area (Å²) in [5.74, 6) is -0.130. The van der Waals surface area contributed by atoms with Crippen LogP contribution in [-0.2, 0) is 14.8 Å². The molecule has 0 N–H and O–H groups in total. The second kappa shape index (κ2) is 6.98. The number of piperidine rings is 1. The van der Waals surface area contributed by atoms with Gasteiger partial charge in [0.15, 0.2) is 0 Å². The third kappa shape index (κ3) is 3.73. The quantitative estimate of drug-likeness (QED) is 0.833. The van der Waals surface area contributed by atoms with Crippen LogP contribution in [0, 0.1) is 6.92 Å². The van der Waals surface area contributed by atoms with Gasteiger partial charge in [-0.3, -0.25) is 4.79 Å². The van der Waals surface area contributed by atoms with Crippen molar-refractivity contribution < 1.29 is 17.9 Å². The maximum atomic E-state index is 12.6. The zero-order chi connectivity index (χ0) is 17.2. The number of benzene rings is 1. The molecule has 6 nitrogen and oxygen atoms in total. The number of carbonyl (C=O) groups is 1. The summed E-state index contributed by atoms with van der Waals surface area (Å²) in [6.07, 6.45) is 1.80. The Morgan fingerprint density at radius 3 is 2.39 bits per heavy atom. The van der Waals surface area contributed by atoms with E-state index in [1.54, 1.807) is 31.1 Å². The van der Waals surface area contributed by atoms with Gasteiger partial charge in [0.05, 0.1) is 11.0 Å².